The molecular weight excluding hydrogens is 386 g/mol. The van der Waals surface area contributed by atoms with Crippen molar-refractivity contribution in [1.82, 2.24) is 5.48 Å². The number of carbonyl (C=O) groups excluding carboxylic acids is 2. The molecule has 1 aliphatic rings. The number of hydrogen-bond acceptors (Lipinski definition) is 7. The lowest BCUT2D eigenvalue weighted by Crippen LogP contribution is -2.39. The molecule has 0 spiro atoms. The molecule has 0 radical (unpaired) electrons. The van der Waals surface area contributed by atoms with E-state index < -0.39 is 5.60 Å². The van der Waals surface area contributed by atoms with Gasteiger partial charge in [0.1, 0.15) is 0 Å². The summed E-state index contributed by atoms with van der Waals surface area (Å²) in [5, 5.41) is 7.32. The first-order valence-corrected chi connectivity index (χ1v) is 9.68. The van der Waals surface area contributed by atoms with Crippen LogP contribution < -0.4 is 10.8 Å². The van der Waals surface area contributed by atoms with Gasteiger partial charge in [0.05, 0.1) is 31.0 Å². The number of carbonyl (C=O) groups is 2. The van der Waals surface area contributed by atoms with Gasteiger partial charge < -0.3 is 14.9 Å². The van der Waals surface area contributed by atoms with Crippen LogP contribution in [0.25, 0.3) is 0 Å². The molecule has 0 aliphatic carbocycles. The number of oxime groups is 1. The fourth-order valence-electron chi connectivity index (χ4n) is 3.22. The molecule has 8 nitrogen and oxygen atoms in total. The van der Waals surface area contributed by atoms with Crippen molar-refractivity contribution in [2.75, 3.05) is 18.5 Å². The molecule has 3 rings (SSSR count). The van der Waals surface area contributed by atoms with E-state index >= 15 is 0 Å². The molecule has 1 amide bonds. The van der Waals surface area contributed by atoms with Gasteiger partial charge in [-0.05, 0) is 24.6 Å². The van der Waals surface area contributed by atoms with Crippen molar-refractivity contribution in [1.29, 1.82) is 0 Å². The van der Waals surface area contributed by atoms with Crippen LogP contribution in [0.3, 0.4) is 0 Å². The predicted molar refractivity (Wildman–Crippen MR) is 112 cm³/mol. The molecule has 2 aromatic rings. The van der Waals surface area contributed by atoms with Gasteiger partial charge in [-0.3, -0.25) is 14.4 Å². The first-order chi connectivity index (χ1) is 14.6. The number of anilines is 1. The summed E-state index contributed by atoms with van der Waals surface area (Å²) in [5.41, 5.74) is 4.75. The van der Waals surface area contributed by atoms with Crippen LogP contribution in [0.2, 0.25) is 0 Å². The van der Waals surface area contributed by atoms with Crippen LogP contribution in [-0.4, -0.2) is 36.8 Å². The Morgan fingerprint density at radius 3 is 2.70 bits per heavy atom. The number of nitrogens with zero attached hydrogens (tertiary/aromatic N) is 1. The summed E-state index contributed by atoms with van der Waals surface area (Å²) in [6.45, 7) is 3.19. The van der Waals surface area contributed by atoms with Gasteiger partial charge in [0.15, 0.2) is 5.60 Å². The Hall–Kier alpha value is -3.39. The zero-order valence-corrected chi connectivity index (χ0v) is 16.8. The molecule has 0 bridgehead atoms. The smallest absolute Gasteiger partial charge is 0.293 e. The summed E-state index contributed by atoms with van der Waals surface area (Å²) >= 11 is 0. The van der Waals surface area contributed by atoms with Crippen molar-refractivity contribution in [2.24, 2.45) is 5.16 Å². The fourth-order valence-corrected chi connectivity index (χ4v) is 3.22. The Morgan fingerprint density at radius 2 is 1.97 bits per heavy atom. The minimum atomic E-state index is -0.638. The van der Waals surface area contributed by atoms with E-state index in [1.165, 1.54) is 0 Å². The number of hydrogen-bond donors (Lipinski definition) is 2. The lowest BCUT2D eigenvalue weighted by Gasteiger charge is -2.27. The third kappa shape index (κ3) is 5.81. The topological polar surface area (TPSA) is 98.3 Å². The summed E-state index contributed by atoms with van der Waals surface area (Å²) in [5.74, 6) is -0.354. The van der Waals surface area contributed by atoms with Crippen molar-refractivity contribution in [3.63, 3.8) is 0 Å². The molecule has 0 saturated carbocycles. The summed E-state index contributed by atoms with van der Waals surface area (Å²) in [6.07, 6.45) is 1.09. The average Bonchev–Trinajstić information content (AvgIpc) is 3.14. The second-order valence-electron chi connectivity index (χ2n) is 7.10. The van der Waals surface area contributed by atoms with Crippen molar-refractivity contribution in [3.05, 3.63) is 65.7 Å². The monoisotopic (exact) mass is 411 g/mol. The Bertz CT molecular complexity index is 887. The molecule has 0 saturated heterocycles. The number of benzene rings is 2. The highest BCUT2D eigenvalue weighted by molar-refractivity contribution is 5.99. The van der Waals surface area contributed by atoms with E-state index in [0.717, 1.165) is 11.3 Å². The highest BCUT2D eigenvalue weighted by Gasteiger charge is 2.38. The van der Waals surface area contributed by atoms with Crippen molar-refractivity contribution in [3.8, 4) is 0 Å². The third-order valence-electron chi connectivity index (χ3n) is 4.74. The largest absolute Gasteiger partial charge is 0.468 e. The zero-order chi connectivity index (χ0) is 21.2. The maximum Gasteiger partial charge on any atom is 0.293 e. The van der Waals surface area contributed by atoms with Crippen LogP contribution in [0.1, 0.15) is 35.7 Å². The van der Waals surface area contributed by atoms with Crippen molar-refractivity contribution in [2.45, 2.75) is 32.0 Å². The molecule has 2 aromatic carbocycles. The van der Waals surface area contributed by atoms with Gasteiger partial charge in [-0.15, -0.1) is 0 Å². The molecule has 2 N–H and O–H groups in total. The van der Waals surface area contributed by atoms with Gasteiger partial charge in [0.2, 0.25) is 0 Å². The molecule has 1 atom stereocenters. The first-order valence-electron chi connectivity index (χ1n) is 9.68. The highest BCUT2D eigenvalue weighted by atomic mass is 16.7. The maximum atomic E-state index is 12.6. The lowest BCUT2D eigenvalue weighted by molar-refractivity contribution is -0.130. The summed E-state index contributed by atoms with van der Waals surface area (Å²) in [7, 11) is 0. The van der Waals surface area contributed by atoms with E-state index in [1.807, 2.05) is 49.4 Å². The quantitative estimate of drug-likeness (QED) is 0.335. The van der Waals surface area contributed by atoms with E-state index in [9.17, 15) is 9.59 Å². The standard InChI is InChI=1S/C22H25N3O5/c1-17-13-22(30-24-17,11-12-28-16-26)15-23-20-10-6-5-9-19(20)21(27)25-29-14-18-7-3-2-4-8-18/h2-10,16,23H,11-15H2,1H3,(H,25,27). The highest BCUT2D eigenvalue weighted by Crippen LogP contribution is 2.29. The number of nitrogens with one attached hydrogen (secondary N) is 2. The summed E-state index contributed by atoms with van der Waals surface area (Å²) < 4.78 is 4.83. The van der Waals surface area contributed by atoms with Crippen LogP contribution in [0.15, 0.2) is 59.8 Å². The van der Waals surface area contributed by atoms with Crippen LogP contribution in [0.5, 0.6) is 0 Å². The average molecular weight is 411 g/mol. The van der Waals surface area contributed by atoms with Gasteiger partial charge in [0.25, 0.3) is 12.4 Å². The number of ether oxygens (including phenoxy) is 1. The van der Waals surface area contributed by atoms with Gasteiger partial charge >= 0.3 is 0 Å². The molecule has 30 heavy (non-hydrogen) atoms. The van der Waals surface area contributed by atoms with Gasteiger partial charge in [-0.2, -0.15) is 0 Å². The Morgan fingerprint density at radius 1 is 1.20 bits per heavy atom. The number of rotatable bonds is 11. The van der Waals surface area contributed by atoms with Gasteiger partial charge in [-0.25, -0.2) is 5.48 Å². The van der Waals surface area contributed by atoms with Crippen LogP contribution >= 0.6 is 0 Å². The Labute approximate surface area is 175 Å². The minimum Gasteiger partial charge on any atom is -0.468 e. The maximum absolute atomic E-state index is 12.6. The van der Waals surface area contributed by atoms with E-state index in [-0.39, 0.29) is 19.1 Å². The SMILES string of the molecule is CC1=NOC(CCOC=O)(CNc2ccccc2C(=O)NOCc2ccccc2)C1. The zero-order valence-electron chi connectivity index (χ0n) is 16.8. The molecule has 1 heterocycles. The van der Waals surface area contributed by atoms with Gasteiger partial charge in [-0.1, -0.05) is 47.6 Å². The van der Waals surface area contributed by atoms with E-state index in [2.05, 4.69) is 16.0 Å². The Kier molecular flexibility index (Phi) is 7.40. The Balaban J connectivity index is 1.59. The second-order valence-corrected chi connectivity index (χ2v) is 7.10. The minimum absolute atomic E-state index is 0.226. The molecule has 8 heteroatoms. The van der Waals surface area contributed by atoms with Gasteiger partial charge in [0, 0.05) is 18.5 Å². The fraction of sp³-hybridized carbons (Fsp3) is 0.318. The van der Waals surface area contributed by atoms with E-state index in [4.69, 9.17) is 14.4 Å². The number of hydroxylamine groups is 1. The van der Waals surface area contributed by atoms with E-state index in [1.54, 1.807) is 12.1 Å². The molecule has 0 fully saturated rings. The number of para-hydroxylation sites is 1. The normalized spacial score (nSPS) is 17.6. The molecular formula is C22H25N3O5. The third-order valence-corrected chi connectivity index (χ3v) is 4.74. The molecule has 1 unspecified atom stereocenters. The first kappa shape index (κ1) is 21.3. The van der Waals surface area contributed by atoms with Crippen LogP contribution in [0.4, 0.5) is 5.69 Å². The lowest BCUT2D eigenvalue weighted by atomic mass is 9.94. The van der Waals surface area contributed by atoms with Crippen molar-refractivity contribution >= 4 is 23.8 Å². The van der Waals surface area contributed by atoms with Crippen LogP contribution in [-0.2, 0) is 25.8 Å². The molecule has 0 aromatic heterocycles. The molecule has 1 aliphatic heterocycles. The van der Waals surface area contributed by atoms with Crippen LogP contribution in [0, 0.1) is 0 Å². The van der Waals surface area contributed by atoms with Crippen molar-refractivity contribution < 1.29 is 24.0 Å². The summed E-state index contributed by atoms with van der Waals surface area (Å²) in [4.78, 5) is 34.1. The predicted octanol–water partition coefficient (Wildman–Crippen LogP) is 3.06. The molecule has 158 valence electrons. The summed E-state index contributed by atoms with van der Waals surface area (Å²) in [6, 6.07) is 16.7. The number of amides is 1. The second kappa shape index (κ2) is 10.4. The van der Waals surface area contributed by atoms with E-state index in [0.29, 0.717) is 37.1 Å².